The maximum absolute atomic E-state index is 11.9. The van der Waals surface area contributed by atoms with Crippen LogP contribution in [0.15, 0.2) is 0 Å². The quantitative estimate of drug-likeness (QED) is 0.686. The standard InChI is InChI=1S/C14H27N3O2.ClH/c1-10(11-4-6-16-7-5-11)8-12(18)17-9-14(2,3)13(15)19;/h10-11,16H,4-9H2,1-3H3,(H2,15,19)(H,17,18);1H. The van der Waals surface area contributed by atoms with Gasteiger partial charge in [-0.15, -0.1) is 12.4 Å². The van der Waals surface area contributed by atoms with Crippen molar-refractivity contribution in [2.45, 2.75) is 40.0 Å². The number of hydrogen-bond acceptors (Lipinski definition) is 3. The van der Waals surface area contributed by atoms with Gasteiger partial charge < -0.3 is 16.4 Å². The summed E-state index contributed by atoms with van der Waals surface area (Å²) < 4.78 is 0. The fourth-order valence-electron chi connectivity index (χ4n) is 2.35. The maximum atomic E-state index is 11.9. The lowest BCUT2D eigenvalue weighted by molar-refractivity contribution is -0.127. The summed E-state index contributed by atoms with van der Waals surface area (Å²) in [7, 11) is 0. The molecule has 0 radical (unpaired) electrons. The number of carbonyl (C=O) groups excluding carboxylic acids is 2. The van der Waals surface area contributed by atoms with Crippen LogP contribution in [0, 0.1) is 17.3 Å². The summed E-state index contributed by atoms with van der Waals surface area (Å²) in [4.78, 5) is 23.1. The second-order valence-corrected chi connectivity index (χ2v) is 6.29. The van der Waals surface area contributed by atoms with E-state index in [1.165, 1.54) is 0 Å². The predicted octanol–water partition coefficient (Wildman–Crippen LogP) is 1.06. The minimum Gasteiger partial charge on any atom is -0.369 e. The number of carbonyl (C=O) groups is 2. The molecule has 118 valence electrons. The average Bonchev–Trinajstić information content (AvgIpc) is 2.37. The second kappa shape index (κ2) is 8.47. The molecule has 1 aliphatic heterocycles. The number of primary amides is 1. The number of rotatable bonds is 6. The van der Waals surface area contributed by atoms with E-state index in [9.17, 15) is 9.59 Å². The van der Waals surface area contributed by atoms with E-state index in [0.717, 1.165) is 25.9 Å². The van der Waals surface area contributed by atoms with Gasteiger partial charge in [0.1, 0.15) is 0 Å². The van der Waals surface area contributed by atoms with E-state index >= 15 is 0 Å². The lowest BCUT2D eigenvalue weighted by atomic mass is 9.84. The molecule has 1 atom stereocenters. The van der Waals surface area contributed by atoms with Gasteiger partial charge in [0, 0.05) is 13.0 Å². The normalized spacial score (nSPS) is 17.9. The minimum atomic E-state index is -0.687. The number of hydrogen-bond donors (Lipinski definition) is 3. The molecular weight excluding hydrogens is 278 g/mol. The Morgan fingerprint density at radius 2 is 1.90 bits per heavy atom. The summed E-state index contributed by atoms with van der Waals surface area (Å²) in [5, 5.41) is 6.15. The predicted molar refractivity (Wildman–Crippen MR) is 82.6 cm³/mol. The smallest absolute Gasteiger partial charge is 0.224 e. The van der Waals surface area contributed by atoms with Gasteiger partial charge in [0.05, 0.1) is 5.41 Å². The monoisotopic (exact) mass is 305 g/mol. The molecule has 5 nitrogen and oxygen atoms in total. The van der Waals surface area contributed by atoms with Crippen LogP contribution in [-0.2, 0) is 9.59 Å². The number of amides is 2. The lowest BCUT2D eigenvalue weighted by Crippen LogP contribution is -2.43. The van der Waals surface area contributed by atoms with Crippen molar-refractivity contribution in [3.05, 3.63) is 0 Å². The van der Waals surface area contributed by atoms with E-state index in [1.807, 2.05) is 0 Å². The zero-order valence-corrected chi connectivity index (χ0v) is 13.5. The van der Waals surface area contributed by atoms with Crippen molar-refractivity contribution in [3.63, 3.8) is 0 Å². The molecule has 0 saturated carbocycles. The first kappa shape index (κ1) is 19.2. The Kier molecular flexibility index (Phi) is 8.13. The van der Waals surface area contributed by atoms with Gasteiger partial charge in [-0.25, -0.2) is 0 Å². The van der Waals surface area contributed by atoms with Gasteiger partial charge in [0.2, 0.25) is 11.8 Å². The second-order valence-electron chi connectivity index (χ2n) is 6.29. The zero-order chi connectivity index (χ0) is 14.5. The highest BCUT2D eigenvalue weighted by Gasteiger charge is 2.26. The largest absolute Gasteiger partial charge is 0.369 e. The minimum absolute atomic E-state index is 0. The lowest BCUT2D eigenvalue weighted by Gasteiger charge is -2.28. The Morgan fingerprint density at radius 1 is 1.35 bits per heavy atom. The van der Waals surface area contributed by atoms with Gasteiger partial charge in [-0.3, -0.25) is 9.59 Å². The maximum Gasteiger partial charge on any atom is 0.224 e. The molecule has 1 saturated heterocycles. The highest BCUT2D eigenvalue weighted by Crippen LogP contribution is 2.24. The van der Waals surface area contributed by atoms with E-state index in [2.05, 4.69) is 17.6 Å². The van der Waals surface area contributed by atoms with Gasteiger partial charge in [-0.05, 0) is 51.6 Å². The summed E-state index contributed by atoms with van der Waals surface area (Å²) in [6.45, 7) is 8.02. The topological polar surface area (TPSA) is 84.2 Å². The van der Waals surface area contributed by atoms with Crippen LogP contribution in [0.25, 0.3) is 0 Å². The number of piperidine rings is 1. The van der Waals surface area contributed by atoms with Crippen LogP contribution in [0.3, 0.4) is 0 Å². The Labute approximate surface area is 127 Å². The van der Waals surface area contributed by atoms with E-state index in [0.29, 0.717) is 24.8 Å². The van der Waals surface area contributed by atoms with E-state index in [4.69, 9.17) is 5.73 Å². The molecular formula is C14H28ClN3O2. The Morgan fingerprint density at radius 3 is 2.40 bits per heavy atom. The van der Waals surface area contributed by atoms with Crippen molar-refractivity contribution >= 4 is 24.2 Å². The molecule has 1 rings (SSSR count). The summed E-state index contributed by atoms with van der Waals surface area (Å²) in [5.74, 6) is 0.634. The van der Waals surface area contributed by atoms with Crippen LogP contribution in [0.2, 0.25) is 0 Å². The molecule has 2 amide bonds. The molecule has 4 N–H and O–H groups in total. The van der Waals surface area contributed by atoms with Crippen molar-refractivity contribution in [2.75, 3.05) is 19.6 Å². The molecule has 1 aliphatic rings. The fraction of sp³-hybridized carbons (Fsp3) is 0.857. The van der Waals surface area contributed by atoms with Crippen LogP contribution in [0.5, 0.6) is 0 Å². The van der Waals surface area contributed by atoms with Crippen LogP contribution >= 0.6 is 12.4 Å². The first-order valence-corrected chi connectivity index (χ1v) is 7.10. The molecule has 20 heavy (non-hydrogen) atoms. The van der Waals surface area contributed by atoms with Crippen LogP contribution in [0.1, 0.15) is 40.0 Å². The molecule has 6 heteroatoms. The molecule has 0 aromatic heterocycles. The van der Waals surface area contributed by atoms with Gasteiger partial charge >= 0.3 is 0 Å². The number of nitrogens with two attached hydrogens (primary N) is 1. The van der Waals surface area contributed by atoms with Crippen molar-refractivity contribution in [3.8, 4) is 0 Å². The first-order chi connectivity index (χ1) is 8.83. The summed E-state index contributed by atoms with van der Waals surface area (Å²) in [5.41, 5.74) is 4.59. The van der Waals surface area contributed by atoms with E-state index < -0.39 is 5.41 Å². The summed E-state index contributed by atoms with van der Waals surface area (Å²) in [6.07, 6.45) is 2.81. The van der Waals surface area contributed by atoms with Gasteiger partial charge in [0.15, 0.2) is 0 Å². The van der Waals surface area contributed by atoms with Crippen LogP contribution in [-0.4, -0.2) is 31.4 Å². The molecule has 1 unspecified atom stereocenters. The Hall–Kier alpha value is -0.810. The number of nitrogens with one attached hydrogen (secondary N) is 2. The van der Waals surface area contributed by atoms with Crippen molar-refractivity contribution < 1.29 is 9.59 Å². The molecule has 0 bridgehead atoms. The van der Waals surface area contributed by atoms with E-state index in [-0.39, 0.29) is 24.2 Å². The van der Waals surface area contributed by atoms with E-state index in [1.54, 1.807) is 13.8 Å². The highest BCUT2D eigenvalue weighted by molar-refractivity contribution is 5.85. The third kappa shape index (κ3) is 6.09. The molecule has 0 aromatic carbocycles. The summed E-state index contributed by atoms with van der Waals surface area (Å²) in [6, 6.07) is 0. The molecule has 1 heterocycles. The van der Waals surface area contributed by atoms with Crippen LogP contribution in [0.4, 0.5) is 0 Å². The molecule has 0 aromatic rings. The third-order valence-electron chi connectivity index (χ3n) is 4.09. The van der Waals surface area contributed by atoms with Crippen molar-refractivity contribution in [1.82, 2.24) is 10.6 Å². The summed E-state index contributed by atoms with van der Waals surface area (Å²) >= 11 is 0. The molecule has 0 spiro atoms. The van der Waals surface area contributed by atoms with Gasteiger partial charge in [0.25, 0.3) is 0 Å². The fourth-order valence-corrected chi connectivity index (χ4v) is 2.35. The highest BCUT2D eigenvalue weighted by atomic mass is 35.5. The van der Waals surface area contributed by atoms with Gasteiger partial charge in [-0.1, -0.05) is 6.92 Å². The molecule has 0 aliphatic carbocycles. The van der Waals surface area contributed by atoms with Crippen LogP contribution < -0.4 is 16.4 Å². The molecule has 1 fully saturated rings. The van der Waals surface area contributed by atoms with Crippen molar-refractivity contribution in [2.24, 2.45) is 23.0 Å². The SMILES string of the molecule is CC(CC(=O)NCC(C)(C)C(N)=O)C1CCNCC1.Cl. The Bertz CT molecular complexity index is 328. The Balaban J connectivity index is 0.00000361. The zero-order valence-electron chi connectivity index (χ0n) is 12.7. The van der Waals surface area contributed by atoms with Gasteiger partial charge in [-0.2, -0.15) is 0 Å². The number of halogens is 1. The average molecular weight is 306 g/mol. The third-order valence-corrected chi connectivity index (χ3v) is 4.09. The van der Waals surface area contributed by atoms with Crippen molar-refractivity contribution in [1.29, 1.82) is 0 Å². The first-order valence-electron chi connectivity index (χ1n) is 7.10.